The number of carbonyl (C=O) groups excluding carboxylic acids is 2. The molecule has 1 aromatic heterocycles. The number of pyridine rings is 1. The van der Waals surface area contributed by atoms with Crippen LogP contribution in [0.4, 0.5) is 0 Å². The van der Waals surface area contributed by atoms with Gasteiger partial charge in [0.1, 0.15) is 11.3 Å². The number of carbonyl (C=O) groups is 2. The maximum absolute atomic E-state index is 12.5. The molecule has 2 rings (SSSR count). The average molecular weight is 519 g/mol. The van der Waals surface area contributed by atoms with Crippen LogP contribution in [0.2, 0.25) is 0 Å². The lowest BCUT2D eigenvalue weighted by Gasteiger charge is -2.16. The Kier molecular flexibility index (Phi) is 9.98. The molecular formula is C22H29BrN7O3+. The maximum atomic E-state index is 12.5. The van der Waals surface area contributed by atoms with Crippen LogP contribution in [0.5, 0.6) is 5.75 Å². The van der Waals surface area contributed by atoms with Crippen LogP contribution in [0.25, 0.3) is 0 Å². The predicted octanol–water partition coefficient (Wildman–Crippen LogP) is 0.911. The molecule has 2 amide bonds. The van der Waals surface area contributed by atoms with Crippen LogP contribution < -0.4 is 26.9 Å². The molecule has 0 fully saturated rings. The van der Waals surface area contributed by atoms with Gasteiger partial charge in [-0.2, -0.15) is 0 Å². The molecule has 10 nitrogen and oxygen atoms in total. The quantitative estimate of drug-likeness (QED) is 0.128. The molecule has 0 spiro atoms. The number of aromatic nitrogens is 1. The zero-order chi connectivity index (χ0) is 24.4. The second kappa shape index (κ2) is 12.7. The monoisotopic (exact) mass is 518 g/mol. The highest BCUT2D eigenvalue weighted by Gasteiger charge is 2.18. The van der Waals surface area contributed by atoms with Crippen LogP contribution in [0.3, 0.4) is 0 Å². The van der Waals surface area contributed by atoms with Gasteiger partial charge in [0.25, 0.3) is 5.91 Å². The van der Waals surface area contributed by atoms with Crippen molar-refractivity contribution >= 4 is 34.0 Å². The summed E-state index contributed by atoms with van der Waals surface area (Å²) in [5.41, 5.74) is 6.13. The molecule has 0 aliphatic rings. The highest BCUT2D eigenvalue weighted by molar-refractivity contribution is 9.10. The molecule has 0 aliphatic heterocycles. The minimum absolute atomic E-state index is 0.124. The van der Waals surface area contributed by atoms with Crippen LogP contribution in [0.15, 0.2) is 53.0 Å². The van der Waals surface area contributed by atoms with Crippen molar-refractivity contribution in [3.8, 4) is 5.75 Å². The topological polar surface area (TPSA) is 161 Å². The van der Waals surface area contributed by atoms with Crippen LogP contribution >= 0.6 is 15.9 Å². The number of nitrogens with one attached hydrogen (secondary N) is 3. The summed E-state index contributed by atoms with van der Waals surface area (Å²) in [5, 5.41) is 14.4. The highest BCUT2D eigenvalue weighted by Crippen LogP contribution is 2.27. The lowest BCUT2D eigenvalue weighted by molar-refractivity contribution is -0.300. The van der Waals surface area contributed by atoms with E-state index in [1.807, 2.05) is 24.3 Å². The van der Waals surface area contributed by atoms with E-state index in [9.17, 15) is 9.59 Å². The number of ether oxygens (including phenoxy) is 1. The van der Waals surface area contributed by atoms with Gasteiger partial charge in [-0.25, -0.2) is 5.84 Å². The van der Waals surface area contributed by atoms with E-state index in [0.29, 0.717) is 10.2 Å². The summed E-state index contributed by atoms with van der Waals surface area (Å²) in [6.07, 6.45) is 6.39. The Morgan fingerprint density at radius 2 is 2.03 bits per heavy atom. The zero-order valence-electron chi connectivity index (χ0n) is 18.6. The fourth-order valence-electron chi connectivity index (χ4n) is 2.93. The number of benzene rings is 1. The lowest BCUT2D eigenvalue weighted by atomic mass is 10.0. The number of hydrogen-bond acceptors (Lipinski definition) is 7. The lowest BCUT2D eigenvalue weighted by Crippen LogP contribution is -2.56. The van der Waals surface area contributed by atoms with Crippen LogP contribution in [-0.2, 0) is 11.2 Å². The van der Waals surface area contributed by atoms with Crippen molar-refractivity contribution in [2.24, 2.45) is 5.84 Å². The van der Waals surface area contributed by atoms with Gasteiger partial charge >= 0.3 is 5.91 Å². The van der Waals surface area contributed by atoms with E-state index < -0.39 is 11.9 Å². The van der Waals surface area contributed by atoms with Crippen molar-refractivity contribution in [3.05, 3.63) is 69.7 Å². The maximum Gasteiger partial charge on any atom is 0.307 e. The summed E-state index contributed by atoms with van der Waals surface area (Å²) < 4.78 is 5.79. The summed E-state index contributed by atoms with van der Waals surface area (Å²) in [6.45, 7) is 2.50. The van der Waals surface area contributed by atoms with Crippen molar-refractivity contribution in [1.82, 2.24) is 20.6 Å². The zero-order valence-corrected chi connectivity index (χ0v) is 20.2. The molecule has 33 heavy (non-hydrogen) atoms. The first-order valence-corrected chi connectivity index (χ1v) is 11.0. The van der Waals surface area contributed by atoms with Crippen LogP contribution in [0, 0.1) is 5.41 Å². The Morgan fingerprint density at radius 1 is 1.33 bits per heavy atom. The summed E-state index contributed by atoms with van der Waals surface area (Å²) in [5.74, 6) is 5.48. The molecule has 11 heteroatoms. The normalized spacial score (nSPS) is 12.0. The van der Waals surface area contributed by atoms with E-state index in [-0.39, 0.29) is 30.3 Å². The predicted molar refractivity (Wildman–Crippen MR) is 128 cm³/mol. The van der Waals surface area contributed by atoms with E-state index in [4.69, 9.17) is 16.0 Å². The minimum atomic E-state index is -0.576. The summed E-state index contributed by atoms with van der Waals surface area (Å²) in [4.78, 5) is 28.9. The minimum Gasteiger partial charge on any atom is -0.495 e. The molecule has 8 N–H and O–H groups in total. The van der Waals surface area contributed by atoms with E-state index in [2.05, 4.69) is 44.2 Å². The van der Waals surface area contributed by atoms with Crippen molar-refractivity contribution in [1.29, 1.82) is 5.41 Å². The molecular weight excluding hydrogens is 490 g/mol. The number of aryl methyl sites for hydroxylation is 1. The number of nitrogens with two attached hydrogens (primary N) is 1. The van der Waals surface area contributed by atoms with Crippen LogP contribution in [0.1, 0.15) is 34.5 Å². The molecule has 0 saturated heterocycles. The number of methoxy groups -OCH3 is 1. The summed E-state index contributed by atoms with van der Waals surface area (Å²) in [7, 11) is 1.47. The molecule has 1 aromatic carbocycles. The largest absolute Gasteiger partial charge is 0.495 e. The van der Waals surface area contributed by atoms with Gasteiger partial charge in [-0.15, -0.1) is 0 Å². The Bertz CT molecular complexity index is 1010. The smallest absolute Gasteiger partial charge is 0.307 e. The molecule has 1 heterocycles. The third-order valence-electron chi connectivity index (χ3n) is 4.77. The average Bonchev–Trinajstić information content (AvgIpc) is 2.82. The van der Waals surface area contributed by atoms with Crippen molar-refractivity contribution in [2.75, 3.05) is 20.2 Å². The van der Waals surface area contributed by atoms with Gasteiger partial charge in [0, 0.05) is 25.2 Å². The standard InChI is InChI=1S/C22H28BrN7O3/c1-3-14-4-6-15(7-5-14)19(10-24)29-22(32)18(25)13-30(26)9-8-28-21(31)16-11-27-12-17(23)20(16)33-2/h4-7,10-13,19,24H,3,8-9,25-26H2,1-2H3,(H,28,31)(H,29,32)/p+1. The molecule has 176 valence electrons. The van der Waals surface area contributed by atoms with Gasteiger partial charge in [0.2, 0.25) is 5.70 Å². The molecule has 0 radical (unpaired) electrons. The number of nitrogens with zero attached hydrogens (tertiary/aromatic N) is 2. The SMILES string of the molecule is CCc1ccc(C(C=N)NC(=O)C([NH3+])=CN(N)CCNC(=O)c2cncc(Br)c2OC)cc1. The molecule has 0 bridgehead atoms. The number of rotatable bonds is 11. The Morgan fingerprint density at radius 3 is 2.64 bits per heavy atom. The third kappa shape index (κ3) is 7.38. The second-order valence-corrected chi connectivity index (χ2v) is 7.92. The van der Waals surface area contributed by atoms with Crippen LogP contribution in [-0.4, -0.2) is 48.2 Å². The number of hydrazine groups is 1. The van der Waals surface area contributed by atoms with Gasteiger partial charge in [-0.3, -0.25) is 14.6 Å². The van der Waals surface area contributed by atoms with E-state index >= 15 is 0 Å². The number of halogens is 1. The number of amides is 2. The first-order valence-electron chi connectivity index (χ1n) is 10.2. The Hall–Kier alpha value is -3.28. The van der Waals surface area contributed by atoms with Crippen molar-refractivity contribution in [2.45, 2.75) is 19.4 Å². The number of hydrogen-bond donors (Lipinski definition) is 5. The molecule has 1 unspecified atom stereocenters. The van der Waals surface area contributed by atoms with E-state index in [1.54, 1.807) is 0 Å². The Balaban J connectivity index is 1.90. The Labute approximate surface area is 201 Å². The van der Waals surface area contributed by atoms with Crippen molar-refractivity contribution in [3.63, 3.8) is 0 Å². The summed E-state index contributed by atoms with van der Waals surface area (Å²) in [6, 6.07) is 7.13. The van der Waals surface area contributed by atoms with Gasteiger partial charge < -0.3 is 31.5 Å². The van der Waals surface area contributed by atoms with Gasteiger partial charge in [0.15, 0.2) is 0 Å². The highest BCUT2D eigenvalue weighted by atomic mass is 79.9. The molecule has 2 aromatic rings. The van der Waals surface area contributed by atoms with E-state index in [0.717, 1.165) is 18.2 Å². The molecule has 0 aliphatic carbocycles. The van der Waals surface area contributed by atoms with Gasteiger partial charge in [-0.05, 0) is 33.5 Å². The van der Waals surface area contributed by atoms with Crippen molar-refractivity contribution < 1.29 is 20.1 Å². The first kappa shape index (κ1) is 26.0. The fraction of sp³-hybridized carbons (Fsp3) is 0.273. The van der Waals surface area contributed by atoms with Gasteiger partial charge in [0.05, 0.1) is 30.4 Å². The molecule has 0 saturated carbocycles. The number of quaternary nitrogens is 1. The van der Waals surface area contributed by atoms with E-state index in [1.165, 1.54) is 36.3 Å². The molecule has 1 atom stereocenters. The second-order valence-electron chi connectivity index (χ2n) is 7.06. The third-order valence-corrected chi connectivity index (χ3v) is 5.34. The summed E-state index contributed by atoms with van der Waals surface area (Å²) >= 11 is 3.29. The first-order chi connectivity index (χ1) is 15.8. The van der Waals surface area contributed by atoms with Gasteiger partial charge in [-0.1, -0.05) is 31.2 Å². The fourth-order valence-corrected chi connectivity index (χ4v) is 3.42.